The van der Waals surface area contributed by atoms with E-state index in [1.165, 1.54) is 22.3 Å². The van der Waals surface area contributed by atoms with Crippen molar-refractivity contribution in [2.75, 3.05) is 0 Å². The molecule has 0 aromatic heterocycles. The average molecular weight is 187 g/mol. The molecular formula is C13H17N. The number of hydrogen-bond acceptors (Lipinski definition) is 1. The number of nitrogens with zero attached hydrogens (tertiary/aromatic N) is 1. The van der Waals surface area contributed by atoms with Gasteiger partial charge >= 0.3 is 0 Å². The molecule has 0 N–H and O–H groups in total. The first kappa shape index (κ1) is 9.45. The van der Waals surface area contributed by atoms with E-state index in [0.717, 1.165) is 12.8 Å². The summed E-state index contributed by atoms with van der Waals surface area (Å²) in [6, 6.07) is 4.88. The lowest BCUT2D eigenvalue weighted by Crippen LogP contribution is -2.15. The van der Waals surface area contributed by atoms with E-state index in [2.05, 4.69) is 37.9 Å². The molecule has 0 radical (unpaired) electrons. The summed E-state index contributed by atoms with van der Waals surface area (Å²) in [5, 5.41) is 0. The highest BCUT2D eigenvalue weighted by atomic mass is 14.8. The highest BCUT2D eigenvalue weighted by molar-refractivity contribution is 5.84. The first-order chi connectivity index (χ1) is 6.72. The van der Waals surface area contributed by atoms with Gasteiger partial charge in [-0.1, -0.05) is 19.1 Å². The van der Waals surface area contributed by atoms with Gasteiger partial charge in [0.05, 0.1) is 6.04 Å². The van der Waals surface area contributed by atoms with Crippen molar-refractivity contribution in [1.82, 2.24) is 0 Å². The minimum atomic E-state index is 0.503. The molecule has 1 atom stereocenters. The molecule has 0 amide bonds. The minimum Gasteiger partial charge on any atom is -0.289 e. The van der Waals surface area contributed by atoms with Gasteiger partial charge in [-0.3, -0.25) is 4.99 Å². The lowest BCUT2D eigenvalue weighted by Gasteiger charge is -2.20. The van der Waals surface area contributed by atoms with Crippen molar-refractivity contribution < 1.29 is 0 Å². The van der Waals surface area contributed by atoms with E-state index < -0.39 is 0 Å². The molecule has 0 saturated heterocycles. The van der Waals surface area contributed by atoms with Crippen molar-refractivity contribution in [3.05, 3.63) is 34.4 Å². The van der Waals surface area contributed by atoms with E-state index in [1.807, 2.05) is 6.21 Å². The van der Waals surface area contributed by atoms with Crippen LogP contribution in [0.25, 0.3) is 0 Å². The van der Waals surface area contributed by atoms with Crippen LogP contribution < -0.4 is 0 Å². The van der Waals surface area contributed by atoms with Gasteiger partial charge in [0, 0.05) is 6.21 Å². The SMILES string of the molecule is CC[C@H]1Cc2c(ccc(C)c2C)C=N1. The number of hydrogen-bond donors (Lipinski definition) is 0. The monoisotopic (exact) mass is 187 g/mol. The maximum atomic E-state index is 4.54. The lowest BCUT2D eigenvalue weighted by atomic mass is 9.90. The third-order valence-corrected chi connectivity index (χ3v) is 3.24. The largest absolute Gasteiger partial charge is 0.289 e. The van der Waals surface area contributed by atoms with Crippen LogP contribution in [0.1, 0.15) is 35.6 Å². The van der Waals surface area contributed by atoms with Crippen LogP contribution in [-0.4, -0.2) is 12.3 Å². The van der Waals surface area contributed by atoms with Crippen LogP contribution in [0.3, 0.4) is 0 Å². The van der Waals surface area contributed by atoms with Gasteiger partial charge in [0.25, 0.3) is 0 Å². The third kappa shape index (κ3) is 1.47. The predicted octanol–water partition coefficient (Wildman–Crippen LogP) is 3.06. The van der Waals surface area contributed by atoms with Crippen molar-refractivity contribution >= 4 is 6.21 Å². The molecule has 1 aliphatic heterocycles. The number of rotatable bonds is 1. The Labute approximate surface area is 85.9 Å². The minimum absolute atomic E-state index is 0.503. The fourth-order valence-electron chi connectivity index (χ4n) is 2.01. The first-order valence-electron chi connectivity index (χ1n) is 5.34. The molecule has 0 spiro atoms. The number of aryl methyl sites for hydroxylation is 1. The Balaban J connectivity index is 2.47. The van der Waals surface area contributed by atoms with E-state index in [4.69, 9.17) is 0 Å². The molecule has 1 nitrogen and oxygen atoms in total. The number of aliphatic imine (C=N–C) groups is 1. The summed E-state index contributed by atoms with van der Waals surface area (Å²) in [4.78, 5) is 4.54. The zero-order chi connectivity index (χ0) is 10.1. The summed E-state index contributed by atoms with van der Waals surface area (Å²) in [5.74, 6) is 0. The molecule has 1 heterocycles. The molecule has 1 heteroatoms. The Morgan fingerprint density at radius 2 is 2.14 bits per heavy atom. The normalized spacial score (nSPS) is 19.5. The third-order valence-electron chi connectivity index (χ3n) is 3.24. The standard InChI is InChI=1S/C13H17N/c1-4-12-7-13-10(3)9(2)5-6-11(13)8-14-12/h5-6,8,12H,4,7H2,1-3H3/t12-/m0/s1. The maximum absolute atomic E-state index is 4.54. The molecule has 1 aromatic rings. The van der Waals surface area contributed by atoms with Crippen LogP contribution in [0.4, 0.5) is 0 Å². The van der Waals surface area contributed by atoms with Gasteiger partial charge in [-0.25, -0.2) is 0 Å². The van der Waals surface area contributed by atoms with Crippen molar-refractivity contribution in [1.29, 1.82) is 0 Å². The lowest BCUT2D eigenvalue weighted by molar-refractivity contribution is 0.641. The zero-order valence-corrected chi connectivity index (χ0v) is 9.17. The van der Waals surface area contributed by atoms with Crippen molar-refractivity contribution in [2.45, 2.75) is 39.7 Å². The molecule has 1 aromatic carbocycles. The highest BCUT2D eigenvalue weighted by Gasteiger charge is 2.15. The topological polar surface area (TPSA) is 12.4 Å². The Morgan fingerprint density at radius 3 is 2.86 bits per heavy atom. The fraction of sp³-hybridized carbons (Fsp3) is 0.462. The number of fused-ring (bicyclic) bond motifs is 1. The molecule has 0 fully saturated rings. The van der Waals surface area contributed by atoms with Gasteiger partial charge < -0.3 is 0 Å². The molecule has 0 aliphatic carbocycles. The molecular weight excluding hydrogens is 170 g/mol. The summed E-state index contributed by atoms with van der Waals surface area (Å²) in [6.45, 7) is 6.61. The zero-order valence-electron chi connectivity index (χ0n) is 9.17. The Hall–Kier alpha value is -1.11. The van der Waals surface area contributed by atoms with E-state index >= 15 is 0 Å². The molecule has 74 valence electrons. The summed E-state index contributed by atoms with van der Waals surface area (Å²) in [6.07, 6.45) is 4.30. The van der Waals surface area contributed by atoms with Crippen LogP contribution in [-0.2, 0) is 6.42 Å². The molecule has 1 aliphatic rings. The molecule has 2 rings (SSSR count). The van der Waals surface area contributed by atoms with Gasteiger partial charge in [0.2, 0.25) is 0 Å². The molecule has 0 unspecified atom stereocenters. The summed E-state index contributed by atoms with van der Waals surface area (Å²) in [7, 11) is 0. The van der Waals surface area contributed by atoms with Crippen LogP contribution in [0.15, 0.2) is 17.1 Å². The van der Waals surface area contributed by atoms with E-state index in [9.17, 15) is 0 Å². The highest BCUT2D eigenvalue weighted by Crippen LogP contribution is 2.23. The quantitative estimate of drug-likeness (QED) is 0.640. The van der Waals surface area contributed by atoms with Gasteiger partial charge in [-0.15, -0.1) is 0 Å². The second-order valence-corrected chi connectivity index (χ2v) is 4.12. The van der Waals surface area contributed by atoms with Gasteiger partial charge in [0.1, 0.15) is 0 Å². The van der Waals surface area contributed by atoms with Gasteiger partial charge in [-0.05, 0) is 48.9 Å². The Morgan fingerprint density at radius 1 is 1.36 bits per heavy atom. The van der Waals surface area contributed by atoms with Crippen molar-refractivity contribution in [2.24, 2.45) is 4.99 Å². The van der Waals surface area contributed by atoms with Crippen LogP contribution in [0.5, 0.6) is 0 Å². The Bertz CT molecular complexity index is 377. The second kappa shape index (κ2) is 3.56. The Kier molecular flexibility index (Phi) is 2.40. The van der Waals surface area contributed by atoms with Gasteiger partial charge in [0.15, 0.2) is 0 Å². The predicted molar refractivity (Wildman–Crippen MR) is 61.3 cm³/mol. The molecule has 0 saturated carbocycles. The van der Waals surface area contributed by atoms with Crippen molar-refractivity contribution in [3.8, 4) is 0 Å². The molecule has 14 heavy (non-hydrogen) atoms. The summed E-state index contributed by atoms with van der Waals surface area (Å²) in [5.41, 5.74) is 5.67. The van der Waals surface area contributed by atoms with Crippen LogP contribution >= 0.6 is 0 Å². The average Bonchev–Trinajstić information content (AvgIpc) is 2.23. The number of benzene rings is 1. The van der Waals surface area contributed by atoms with Crippen LogP contribution in [0.2, 0.25) is 0 Å². The van der Waals surface area contributed by atoms with Crippen LogP contribution in [0, 0.1) is 13.8 Å². The molecule has 0 bridgehead atoms. The summed E-state index contributed by atoms with van der Waals surface area (Å²) < 4.78 is 0. The smallest absolute Gasteiger partial charge is 0.0537 e. The first-order valence-corrected chi connectivity index (χ1v) is 5.34. The van der Waals surface area contributed by atoms with E-state index in [-0.39, 0.29) is 0 Å². The fourth-order valence-corrected chi connectivity index (χ4v) is 2.01. The van der Waals surface area contributed by atoms with E-state index in [0.29, 0.717) is 6.04 Å². The maximum Gasteiger partial charge on any atom is 0.0537 e. The second-order valence-electron chi connectivity index (χ2n) is 4.12. The van der Waals surface area contributed by atoms with E-state index in [1.54, 1.807) is 0 Å². The van der Waals surface area contributed by atoms with Gasteiger partial charge in [-0.2, -0.15) is 0 Å². The summed E-state index contributed by atoms with van der Waals surface area (Å²) >= 11 is 0. The van der Waals surface area contributed by atoms with Crippen molar-refractivity contribution in [3.63, 3.8) is 0 Å².